The first-order chi connectivity index (χ1) is 55.6. The number of rotatable bonds is 33. The molecule has 13 rings (SSSR count). The van der Waals surface area contributed by atoms with E-state index in [1.807, 2.05) is 64.6 Å². The normalized spacial score (nSPS) is 13.1. The van der Waals surface area contributed by atoms with Crippen molar-refractivity contribution in [1.82, 2.24) is 24.5 Å². The van der Waals surface area contributed by atoms with Crippen LogP contribution < -0.4 is 26.5 Å². The molecule has 1 aromatic heterocycles. The molecule has 6 amide bonds. The second-order valence-corrected chi connectivity index (χ2v) is 29.4. The van der Waals surface area contributed by atoms with Crippen LogP contribution in [0.5, 0.6) is 5.75 Å². The van der Waals surface area contributed by atoms with Crippen molar-refractivity contribution in [1.29, 1.82) is 0 Å². The van der Waals surface area contributed by atoms with E-state index < -0.39 is 41.2 Å². The smallest absolute Gasteiger partial charge is 0.346 e. The third-order valence-electron chi connectivity index (χ3n) is 19.6. The summed E-state index contributed by atoms with van der Waals surface area (Å²) in [5.41, 5.74) is 10.4. The number of anilines is 2. The lowest BCUT2D eigenvalue weighted by molar-refractivity contribution is -0.138. The molecule has 8 aromatic carbocycles. The molecule has 0 fully saturated rings. The van der Waals surface area contributed by atoms with Gasteiger partial charge in [-0.2, -0.15) is 0 Å². The highest BCUT2D eigenvalue weighted by Crippen LogP contribution is 2.39. The molecule has 0 spiro atoms. The minimum Gasteiger partial charge on any atom is -0.481 e. The highest BCUT2D eigenvalue weighted by molar-refractivity contribution is 6.39. The summed E-state index contributed by atoms with van der Waals surface area (Å²) in [6.07, 6.45) is 10.5. The molecule has 27 nitrogen and oxygen atoms in total. The topological polar surface area (TPSA) is 380 Å². The molecule has 0 radical (unpaired) electrons. The standard InChI is InChI=1S/C29H33N3O6.C23H29N3O4.C18H16ClNO4.C12H5ClO3.C5H11NO2/c1-19-27(24(33)14-18-37-19)38-25(34)11-5-4-6-17-32-28(35)21-10-7-9-20-23(30-15-8-16-31(2)3)13-12-22(26(20)21)29(32)36;1-25(2)14-7-13-24-19-12-11-18-21-16(19)8-6-9-17(21)22(29)26(23(18)30)15-5-3-4-10-20(27)28;19-14-9-8-13-16-11(14)5-4-6-12(16)17(23)20(18(13)24)10-3-1-2-7-15(21)22;13-9-5-4-8-10-6(9)2-1-3-7(10)11(14)16-12(8)15;6-4-2-1-3-5(7)8/h7,9-10,12-14,18,30H,4-6,8,11,15-17H2,1-3H3;6,8-9,11-12,24H,3-5,7,10,13-15H2,1-2H3,(H,27,28);4-6,8-9H,1-3,7,10H2,(H,21,22);1-5H;1-4,6H2,(H,7,8). The number of carbonyl (C=O) groups excluding carboxylic acids is 9. The predicted molar refractivity (Wildman–Crippen MR) is 442 cm³/mol. The molecule has 7 N–H and O–H groups in total. The lowest BCUT2D eigenvalue weighted by atomic mass is 9.92. The maximum atomic E-state index is 13.3. The number of cyclic esters (lactones) is 2. The van der Waals surface area contributed by atoms with E-state index in [-0.39, 0.29) is 85.7 Å². The number of amides is 6. The van der Waals surface area contributed by atoms with E-state index in [1.165, 1.54) is 27.0 Å². The minimum atomic E-state index is -0.836. The number of aliphatic carboxylic acids is 3. The molecule has 0 unspecified atom stereocenters. The first-order valence-electron chi connectivity index (χ1n) is 38.4. The summed E-state index contributed by atoms with van der Waals surface area (Å²) in [7, 11) is 8.15. The van der Waals surface area contributed by atoms with Gasteiger partial charge in [0.25, 0.3) is 35.4 Å². The van der Waals surface area contributed by atoms with E-state index >= 15 is 0 Å². The van der Waals surface area contributed by atoms with Gasteiger partial charge in [-0.1, -0.05) is 91.0 Å². The molecule has 0 bridgehead atoms. The fourth-order valence-corrected chi connectivity index (χ4v) is 14.3. The minimum absolute atomic E-state index is 0.0956. The van der Waals surface area contributed by atoms with Gasteiger partial charge in [0.05, 0.1) is 17.4 Å². The van der Waals surface area contributed by atoms with Crippen LogP contribution >= 0.6 is 23.2 Å². The molecule has 0 aliphatic carbocycles. The maximum Gasteiger partial charge on any atom is 0.346 e. The highest BCUT2D eigenvalue weighted by atomic mass is 35.5. The van der Waals surface area contributed by atoms with Gasteiger partial charge in [0.2, 0.25) is 11.2 Å². The Morgan fingerprint density at radius 2 is 0.750 bits per heavy atom. The van der Waals surface area contributed by atoms with Gasteiger partial charge < -0.3 is 55.4 Å². The average molecular weight is 1630 g/mol. The van der Waals surface area contributed by atoms with Crippen LogP contribution in [-0.4, -0.2) is 192 Å². The molecule has 5 heterocycles. The molecular weight excluding hydrogens is 1530 g/mol. The van der Waals surface area contributed by atoms with Crippen LogP contribution in [0, 0.1) is 6.92 Å². The Morgan fingerprint density at radius 1 is 0.414 bits per heavy atom. The molecule has 116 heavy (non-hydrogen) atoms. The first-order valence-corrected chi connectivity index (χ1v) is 39.2. The molecule has 0 atom stereocenters. The fraction of sp³-hybridized carbons (Fsp3) is 0.345. The Morgan fingerprint density at radius 3 is 1.14 bits per heavy atom. The van der Waals surface area contributed by atoms with Gasteiger partial charge in [-0.3, -0.25) is 67.4 Å². The Bertz CT molecular complexity index is 5210. The summed E-state index contributed by atoms with van der Waals surface area (Å²) in [6.45, 7) is 6.53. The van der Waals surface area contributed by atoms with E-state index in [0.29, 0.717) is 164 Å². The zero-order valence-corrected chi connectivity index (χ0v) is 66.8. The SMILES string of the molecule is CN(C)CCCNc1ccc2c3c(cccc13)C(=O)N(CCCCCC(=O)O)C2=O.Cc1occc(=O)c1OC(=O)CCCCCN1C(=O)c2cccc3c(NCCCN(C)C)ccc(c23)C1=O.NCCCCC(=O)O.O=C(O)CCCCCN1C(=O)c2cccc3c(Cl)ccc(c23)C1=O.O=C1OC(=O)c2ccc(Cl)c3cccc1c23. The van der Waals surface area contributed by atoms with Gasteiger partial charge in [-0.15, -0.1) is 0 Å². The fourth-order valence-electron chi connectivity index (χ4n) is 13.8. The number of nitrogens with zero attached hydrogens (tertiary/aromatic N) is 5. The van der Waals surface area contributed by atoms with Crippen molar-refractivity contribution in [3.63, 3.8) is 0 Å². The van der Waals surface area contributed by atoms with Crippen LogP contribution in [0.2, 0.25) is 10.0 Å². The summed E-state index contributed by atoms with van der Waals surface area (Å²) in [5, 5.41) is 39.1. The number of carboxylic acid groups (broad SMARTS) is 3. The summed E-state index contributed by atoms with van der Waals surface area (Å²) < 4.78 is 14.9. The molecule has 610 valence electrons. The van der Waals surface area contributed by atoms with Crippen LogP contribution in [0.3, 0.4) is 0 Å². The second kappa shape index (κ2) is 42.0. The largest absolute Gasteiger partial charge is 0.481 e. The number of halogens is 2. The predicted octanol–water partition coefficient (Wildman–Crippen LogP) is 14.4. The van der Waals surface area contributed by atoms with Gasteiger partial charge in [0.1, 0.15) is 5.76 Å². The van der Waals surface area contributed by atoms with Crippen molar-refractivity contribution in [2.45, 2.75) is 116 Å². The number of hydrogen-bond acceptors (Lipinski definition) is 21. The van der Waals surface area contributed by atoms with E-state index in [1.54, 1.807) is 91.9 Å². The molecule has 0 saturated carbocycles. The third-order valence-corrected chi connectivity index (χ3v) is 20.3. The van der Waals surface area contributed by atoms with E-state index in [2.05, 4.69) is 25.2 Å². The number of carboxylic acids is 3. The molecule has 4 aliphatic rings. The number of esters is 3. The number of benzene rings is 8. The number of unbranched alkanes of at least 4 members (excludes halogenated alkanes) is 7. The number of imide groups is 3. The van der Waals surface area contributed by atoms with Crippen LogP contribution in [0.4, 0.5) is 11.4 Å². The zero-order valence-electron chi connectivity index (χ0n) is 65.3. The quantitative estimate of drug-likeness (QED) is 0.00963. The molecule has 29 heteroatoms. The summed E-state index contributed by atoms with van der Waals surface area (Å²) in [5.74, 6) is -5.81. The second-order valence-electron chi connectivity index (χ2n) is 28.6. The lowest BCUT2D eigenvalue weighted by Crippen LogP contribution is -2.40. The van der Waals surface area contributed by atoms with Crippen molar-refractivity contribution in [2.75, 3.05) is 91.2 Å². The molecular formula is C87H94Cl2N8O19. The van der Waals surface area contributed by atoms with Crippen molar-refractivity contribution in [2.24, 2.45) is 5.73 Å². The number of nitrogens with two attached hydrogens (primary N) is 1. The van der Waals surface area contributed by atoms with E-state index in [9.17, 15) is 62.3 Å². The van der Waals surface area contributed by atoms with Gasteiger partial charge in [0.15, 0.2) is 0 Å². The summed E-state index contributed by atoms with van der Waals surface area (Å²) in [6, 6.07) is 36.6. The van der Waals surface area contributed by atoms with Gasteiger partial charge in [-0.05, 0) is 192 Å². The van der Waals surface area contributed by atoms with Gasteiger partial charge >= 0.3 is 35.8 Å². The Labute approximate surface area is 679 Å². The first kappa shape index (κ1) is 88.2. The Balaban J connectivity index is 0.000000177. The van der Waals surface area contributed by atoms with Crippen LogP contribution in [0.15, 0.2) is 143 Å². The van der Waals surface area contributed by atoms with Crippen LogP contribution in [-0.2, 0) is 23.9 Å². The highest BCUT2D eigenvalue weighted by Gasteiger charge is 2.37. The maximum absolute atomic E-state index is 13.3. The summed E-state index contributed by atoms with van der Waals surface area (Å²) in [4.78, 5) is 164. The molecule has 0 saturated heterocycles. The monoisotopic (exact) mass is 1620 g/mol. The number of carbonyl (C=O) groups is 12. The van der Waals surface area contributed by atoms with Crippen molar-refractivity contribution >= 4 is 149 Å². The number of nitrogens with one attached hydrogen (secondary N) is 2. The van der Waals surface area contributed by atoms with Crippen molar-refractivity contribution in [3.05, 3.63) is 204 Å². The number of ether oxygens (including phenoxy) is 2. The van der Waals surface area contributed by atoms with Gasteiger partial charge in [-0.25, -0.2) is 9.59 Å². The number of aryl methyl sites for hydroxylation is 1. The Kier molecular flexibility index (Phi) is 32.0. The van der Waals surface area contributed by atoms with Crippen LogP contribution in [0.25, 0.3) is 43.1 Å². The van der Waals surface area contributed by atoms with Gasteiger partial charge in [0, 0.05) is 162 Å². The average Bonchev–Trinajstić information content (AvgIpc) is 0.754. The van der Waals surface area contributed by atoms with E-state index in [4.69, 9.17) is 53.4 Å². The molecule has 4 aliphatic heterocycles. The van der Waals surface area contributed by atoms with E-state index in [0.717, 1.165) is 67.6 Å². The third kappa shape index (κ3) is 22.2. The van der Waals surface area contributed by atoms with Crippen molar-refractivity contribution in [3.8, 4) is 5.75 Å². The zero-order chi connectivity index (χ0) is 83.9. The lowest BCUT2D eigenvalue weighted by Gasteiger charge is -2.28. The van der Waals surface area contributed by atoms with Crippen LogP contribution in [0.1, 0.15) is 198 Å². The molecule has 9 aromatic rings. The number of hydrogen-bond donors (Lipinski definition) is 6. The summed E-state index contributed by atoms with van der Waals surface area (Å²) >= 11 is 12.2. The Hall–Kier alpha value is -11.8. The van der Waals surface area contributed by atoms with Crippen molar-refractivity contribution < 1.29 is 86.7 Å².